The fourth-order valence-electron chi connectivity index (χ4n) is 9.28. The summed E-state index contributed by atoms with van der Waals surface area (Å²) >= 11 is 1.98. The van der Waals surface area contributed by atoms with Crippen molar-refractivity contribution in [1.82, 2.24) is 4.57 Å². The number of benzene rings is 4. The second-order valence-electron chi connectivity index (χ2n) is 15.0. The molecule has 2 atom stereocenters. The van der Waals surface area contributed by atoms with E-state index in [0.29, 0.717) is 5.92 Å². The first-order valence-corrected chi connectivity index (χ1v) is 17.8. The number of fused-ring (bicyclic) bond motifs is 9. The van der Waals surface area contributed by atoms with Crippen molar-refractivity contribution in [3.8, 4) is 0 Å². The molecule has 2 unspecified atom stereocenters. The fraction of sp³-hybridized carbons (Fsp3) is 0.273. The summed E-state index contributed by atoms with van der Waals surface area (Å²) in [6, 6.07) is 30.0. The largest absolute Gasteiger partial charge is 0.336 e. The molecule has 0 aliphatic heterocycles. The molecule has 2 heteroatoms. The minimum Gasteiger partial charge on any atom is -0.336 e. The summed E-state index contributed by atoms with van der Waals surface area (Å²) in [6.07, 6.45) is 11.9. The lowest BCUT2D eigenvalue weighted by Crippen LogP contribution is -2.23. The standard InChI is InChI=1S/C44H41NS/c1-26-14-7-10-19-34(26)43(3,4)37-25-33-31-18-13-15-27(2)40(31)45(41(33)39-32-17-9-12-21-38(32)46-42(37)39)28-22-23-30-29-16-8-11-20-35(29)44(5,6)36(30)24-28/h7-14,16-23,25,27-28H,15,24H2,1-6H3. The lowest BCUT2D eigenvalue weighted by atomic mass is 9.75. The van der Waals surface area contributed by atoms with Gasteiger partial charge in [-0.2, -0.15) is 0 Å². The van der Waals surface area contributed by atoms with E-state index in [1.165, 1.54) is 75.7 Å². The van der Waals surface area contributed by atoms with Crippen molar-refractivity contribution in [3.05, 3.63) is 142 Å². The van der Waals surface area contributed by atoms with Crippen LogP contribution in [0.15, 0.2) is 103 Å². The van der Waals surface area contributed by atoms with E-state index < -0.39 is 0 Å². The third-order valence-corrected chi connectivity index (χ3v) is 12.8. The van der Waals surface area contributed by atoms with Gasteiger partial charge in [-0.05, 0) is 70.9 Å². The summed E-state index contributed by atoms with van der Waals surface area (Å²) in [4.78, 5) is 0. The summed E-state index contributed by atoms with van der Waals surface area (Å²) < 4.78 is 5.60. The highest BCUT2D eigenvalue weighted by atomic mass is 32.1. The third kappa shape index (κ3) is 3.68. The van der Waals surface area contributed by atoms with E-state index in [-0.39, 0.29) is 16.9 Å². The number of allylic oxidation sites excluding steroid dienone is 5. The maximum atomic E-state index is 2.80. The van der Waals surface area contributed by atoms with E-state index in [2.05, 4.69) is 149 Å². The Morgan fingerprint density at radius 2 is 1.63 bits per heavy atom. The molecule has 2 heterocycles. The molecule has 1 nitrogen and oxygen atoms in total. The van der Waals surface area contributed by atoms with Gasteiger partial charge in [0.2, 0.25) is 0 Å². The molecule has 4 aromatic carbocycles. The molecule has 3 aliphatic rings. The maximum absolute atomic E-state index is 2.80. The van der Waals surface area contributed by atoms with Crippen LogP contribution in [0.25, 0.3) is 42.7 Å². The van der Waals surface area contributed by atoms with Crippen LogP contribution in [0.3, 0.4) is 0 Å². The van der Waals surface area contributed by atoms with Crippen LogP contribution >= 0.6 is 11.3 Å². The predicted molar refractivity (Wildman–Crippen MR) is 199 cm³/mol. The summed E-state index contributed by atoms with van der Waals surface area (Å²) in [7, 11) is 0. The Morgan fingerprint density at radius 1 is 0.870 bits per heavy atom. The van der Waals surface area contributed by atoms with Crippen molar-refractivity contribution in [2.24, 2.45) is 0 Å². The molecule has 0 bridgehead atoms. The van der Waals surface area contributed by atoms with Gasteiger partial charge in [-0.3, -0.25) is 0 Å². The highest BCUT2D eigenvalue weighted by Gasteiger charge is 2.40. The SMILES string of the molecule is Cc1ccccc1C(C)(C)c1cc2c3c(n(C4C=CC5=C(C4)C(C)(C)c4ccccc45)c2c2c1sc1ccccc12)C(C)CC=C3. The summed E-state index contributed by atoms with van der Waals surface area (Å²) in [5, 5.41) is 4.23. The van der Waals surface area contributed by atoms with E-state index in [9.17, 15) is 0 Å². The van der Waals surface area contributed by atoms with Gasteiger partial charge in [-0.25, -0.2) is 0 Å². The number of hydrogen-bond acceptors (Lipinski definition) is 1. The Balaban J connectivity index is 1.36. The van der Waals surface area contributed by atoms with Gasteiger partial charge < -0.3 is 4.57 Å². The molecule has 0 saturated carbocycles. The average Bonchev–Trinajstić information content (AvgIpc) is 3.67. The third-order valence-electron chi connectivity index (χ3n) is 11.6. The van der Waals surface area contributed by atoms with Gasteiger partial charge in [0.1, 0.15) is 0 Å². The first-order valence-electron chi connectivity index (χ1n) is 16.9. The molecule has 2 aromatic heterocycles. The van der Waals surface area contributed by atoms with E-state index in [0.717, 1.165) is 12.8 Å². The number of nitrogens with zero attached hydrogens (tertiary/aromatic N) is 1. The first-order chi connectivity index (χ1) is 22.2. The molecule has 9 rings (SSSR count). The average molecular weight is 616 g/mol. The molecule has 0 N–H and O–H groups in total. The Bertz CT molecular complexity index is 2350. The number of aryl methyl sites for hydroxylation is 1. The van der Waals surface area contributed by atoms with Crippen molar-refractivity contribution in [3.63, 3.8) is 0 Å². The lowest BCUT2D eigenvalue weighted by Gasteiger charge is -2.32. The van der Waals surface area contributed by atoms with Crippen LogP contribution in [0.5, 0.6) is 0 Å². The van der Waals surface area contributed by atoms with Crippen LogP contribution in [0.1, 0.15) is 98.5 Å². The molecule has 228 valence electrons. The number of aromatic nitrogens is 1. The summed E-state index contributed by atoms with van der Waals surface area (Å²) in [6.45, 7) is 14.4. The smallest absolute Gasteiger partial charge is 0.0589 e. The van der Waals surface area contributed by atoms with Crippen molar-refractivity contribution >= 4 is 54.1 Å². The van der Waals surface area contributed by atoms with Gasteiger partial charge in [0.15, 0.2) is 0 Å². The molecule has 0 spiro atoms. The second kappa shape index (κ2) is 9.69. The second-order valence-corrected chi connectivity index (χ2v) is 16.0. The first kappa shape index (κ1) is 28.1. The molecule has 0 radical (unpaired) electrons. The molecule has 46 heavy (non-hydrogen) atoms. The molecular weight excluding hydrogens is 575 g/mol. The van der Waals surface area contributed by atoms with Crippen molar-refractivity contribution in [1.29, 1.82) is 0 Å². The number of hydrogen-bond donors (Lipinski definition) is 0. The van der Waals surface area contributed by atoms with Gasteiger partial charge in [-0.15, -0.1) is 11.3 Å². The Hall–Kier alpha value is -4.14. The zero-order valence-corrected chi connectivity index (χ0v) is 28.6. The van der Waals surface area contributed by atoms with Crippen molar-refractivity contribution in [2.75, 3.05) is 0 Å². The summed E-state index contributed by atoms with van der Waals surface area (Å²) in [5.41, 5.74) is 14.3. The molecule has 6 aromatic rings. The molecule has 0 fully saturated rings. The van der Waals surface area contributed by atoms with Crippen molar-refractivity contribution < 1.29 is 0 Å². The van der Waals surface area contributed by atoms with Crippen molar-refractivity contribution in [2.45, 2.75) is 77.2 Å². The molecule has 3 aliphatic carbocycles. The zero-order chi connectivity index (χ0) is 31.5. The van der Waals surface area contributed by atoms with Gasteiger partial charge in [0.05, 0.1) is 11.6 Å². The minimum absolute atomic E-state index is 0.0264. The molecule has 0 saturated heterocycles. The number of rotatable bonds is 3. The molecular formula is C44H41NS. The minimum atomic E-state index is -0.151. The van der Waals surface area contributed by atoms with Crippen LogP contribution < -0.4 is 0 Å². The maximum Gasteiger partial charge on any atom is 0.0589 e. The highest BCUT2D eigenvalue weighted by Crippen LogP contribution is 2.55. The topological polar surface area (TPSA) is 4.93 Å². The molecule has 0 amide bonds. The van der Waals surface area contributed by atoms with Gasteiger partial charge in [0.25, 0.3) is 0 Å². The van der Waals surface area contributed by atoms with Crippen LogP contribution in [0.4, 0.5) is 0 Å². The van der Waals surface area contributed by atoms with Crippen LogP contribution in [0.2, 0.25) is 0 Å². The van der Waals surface area contributed by atoms with E-state index >= 15 is 0 Å². The summed E-state index contributed by atoms with van der Waals surface area (Å²) in [5.74, 6) is 0.456. The van der Waals surface area contributed by atoms with E-state index in [4.69, 9.17) is 0 Å². The van der Waals surface area contributed by atoms with Gasteiger partial charge in [-0.1, -0.05) is 126 Å². The number of thiophene rings is 1. The highest BCUT2D eigenvalue weighted by molar-refractivity contribution is 7.26. The zero-order valence-electron chi connectivity index (χ0n) is 27.7. The van der Waals surface area contributed by atoms with Crippen LogP contribution in [0, 0.1) is 6.92 Å². The Morgan fingerprint density at radius 3 is 2.48 bits per heavy atom. The van der Waals surface area contributed by atoms with E-state index in [1.54, 1.807) is 5.57 Å². The quantitative estimate of drug-likeness (QED) is 0.187. The van der Waals surface area contributed by atoms with Gasteiger partial charge in [0, 0.05) is 53.6 Å². The predicted octanol–water partition coefficient (Wildman–Crippen LogP) is 12.4. The Labute approximate surface area is 276 Å². The van der Waals surface area contributed by atoms with E-state index in [1.807, 2.05) is 11.3 Å². The van der Waals surface area contributed by atoms with Crippen LogP contribution in [-0.4, -0.2) is 4.57 Å². The normalized spacial score (nSPS) is 20.1. The van der Waals surface area contributed by atoms with Crippen LogP contribution in [-0.2, 0) is 10.8 Å². The monoisotopic (exact) mass is 615 g/mol. The fourth-order valence-corrected chi connectivity index (χ4v) is 10.7. The lowest BCUT2D eigenvalue weighted by molar-refractivity contribution is 0.515. The Kier molecular flexibility index (Phi) is 5.92. The van der Waals surface area contributed by atoms with Gasteiger partial charge >= 0.3 is 0 Å².